The number of aliphatic hydroxyl groups is 1. The lowest BCUT2D eigenvalue weighted by molar-refractivity contribution is -0.0107. The zero-order valence-electron chi connectivity index (χ0n) is 10.0. The lowest BCUT2D eigenvalue weighted by Crippen LogP contribution is -2.41. The minimum Gasteiger partial charge on any atom is -0.387 e. The van der Waals surface area contributed by atoms with Crippen LogP contribution in [0.4, 0.5) is 0 Å². The molecule has 0 spiro atoms. The van der Waals surface area contributed by atoms with Crippen molar-refractivity contribution in [1.29, 1.82) is 0 Å². The molecule has 0 aliphatic heterocycles. The Morgan fingerprint density at radius 1 is 1.50 bits per heavy atom. The van der Waals surface area contributed by atoms with Crippen molar-refractivity contribution in [2.75, 3.05) is 6.54 Å². The Morgan fingerprint density at radius 2 is 2.28 bits per heavy atom. The summed E-state index contributed by atoms with van der Waals surface area (Å²) < 4.78 is 2.07. The second kappa shape index (κ2) is 4.85. The van der Waals surface area contributed by atoms with Crippen molar-refractivity contribution in [3.63, 3.8) is 0 Å². The minimum absolute atomic E-state index is 0.0767. The summed E-state index contributed by atoms with van der Waals surface area (Å²) in [5, 5.41) is 10.8. The molecule has 18 heavy (non-hydrogen) atoms. The van der Waals surface area contributed by atoms with Crippen LogP contribution in [0.2, 0.25) is 0 Å². The highest BCUT2D eigenvalue weighted by Crippen LogP contribution is 2.61. The second-order valence-electron chi connectivity index (χ2n) is 5.69. The third-order valence-electron chi connectivity index (χ3n) is 4.88. The molecule has 2 nitrogen and oxygen atoms in total. The van der Waals surface area contributed by atoms with Gasteiger partial charge in [-0.15, -0.1) is 11.3 Å². The fourth-order valence-electron chi connectivity index (χ4n) is 3.96. The molecule has 0 amide bonds. The van der Waals surface area contributed by atoms with Crippen LogP contribution in [0.1, 0.15) is 36.7 Å². The van der Waals surface area contributed by atoms with Crippen molar-refractivity contribution in [3.8, 4) is 0 Å². The molecule has 100 valence electrons. The summed E-state index contributed by atoms with van der Waals surface area (Å²) in [5.41, 5.74) is 5.98. The Hall–Kier alpha value is 0.580. The van der Waals surface area contributed by atoms with E-state index in [1.54, 1.807) is 11.3 Å². The fourth-order valence-corrected chi connectivity index (χ4v) is 6.17. The van der Waals surface area contributed by atoms with Gasteiger partial charge in [0, 0.05) is 21.3 Å². The SMILES string of the molecule is NCC1(C(O)c2cc(Br)c(Br)s2)CC2CCC1C2. The van der Waals surface area contributed by atoms with Gasteiger partial charge in [-0.2, -0.15) is 0 Å². The summed E-state index contributed by atoms with van der Waals surface area (Å²) >= 11 is 8.61. The van der Waals surface area contributed by atoms with Crippen LogP contribution in [0.15, 0.2) is 14.3 Å². The van der Waals surface area contributed by atoms with Gasteiger partial charge in [0.2, 0.25) is 0 Å². The molecule has 2 saturated carbocycles. The molecular weight excluding hydrogens is 378 g/mol. The molecule has 1 heterocycles. The summed E-state index contributed by atoms with van der Waals surface area (Å²) in [6.45, 7) is 0.600. The van der Waals surface area contributed by atoms with E-state index in [2.05, 4.69) is 31.9 Å². The predicted octanol–water partition coefficient (Wildman–Crippen LogP) is 4.07. The van der Waals surface area contributed by atoms with E-state index in [1.807, 2.05) is 6.07 Å². The van der Waals surface area contributed by atoms with Crippen LogP contribution in [0.3, 0.4) is 0 Å². The lowest BCUT2D eigenvalue weighted by Gasteiger charge is -2.40. The quantitative estimate of drug-likeness (QED) is 0.811. The van der Waals surface area contributed by atoms with Crippen molar-refractivity contribution in [3.05, 3.63) is 19.2 Å². The molecular formula is C13H17Br2NOS. The van der Waals surface area contributed by atoms with Crippen molar-refractivity contribution in [1.82, 2.24) is 0 Å². The van der Waals surface area contributed by atoms with Gasteiger partial charge in [0.15, 0.2) is 0 Å². The molecule has 1 aromatic rings. The molecule has 5 heteroatoms. The van der Waals surface area contributed by atoms with Crippen LogP contribution in [0, 0.1) is 17.3 Å². The Labute approximate surface area is 128 Å². The molecule has 3 rings (SSSR count). The first kappa shape index (κ1) is 13.6. The van der Waals surface area contributed by atoms with Gasteiger partial charge in [-0.25, -0.2) is 0 Å². The maximum atomic E-state index is 10.8. The highest BCUT2D eigenvalue weighted by molar-refractivity contribution is 9.13. The molecule has 1 aromatic heterocycles. The van der Waals surface area contributed by atoms with Crippen LogP contribution in [0.25, 0.3) is 0 Å². The van der Waals surface area contributed by atoms with E-state index in [-0.39, 0.29) is 5.41 Å². The van der Waals surface area contributed by atoms with E-state index in [1.165, 1.54) is 19.3 Å². The second-order valence-corrected chi connectivity index (χ2v) is 8.95. The Morgan fingerprint density at radius 3 is 2.72 bits per heavy atom. The Bertz CT molecular complexity index is 444. The highest BCUT2D eigenvalue weighted by Gasteiger charge is 2.54. The van der Waals surface area contributed by atoms with E-state index in [9.17, 15) is 5.11 Å². The number of aliphatic hydroxyl groups excluding tert-OH is 1. The summed E-state index contributed by atoms with van der Waals surface area (Å²) in [4.78, 5) is 1.03. The number of hydrogen-bond donors (Lipinski definition) is 2. The van der Waals surface area contributed by atoms with Gasteiger partial charge in [-0.05, 0) is 69.0 Å². The van der Waals surface area contributed by atoms with Crippen LogP contribution in [-0.2, 0) is 0 Å². The van der Waals surface area contributed by atoms with Crippen molar-refractivity contribution in [2.45, 2.75) is 31.8 Å². The van der Waals surface area contributed by atoms with Gasteiger partial charge in [-0.3, -0.25) is 0 Å². The molecule has 2 aliphatic carbocycles. The van der Waals surface area contributed by atoms with Crippen molar-refractivity contribution in [2.24, 2.45) is 23.0 Å². The van der Waals surface area contributed by atoms with E-state index < -0.39 is 6.10 Å². The zero-order chi connectivity index (χ0) is 12.9. The zero-order valence-corrected chi connectivity index (χ0v) is 14.0. The average Bonchev–Trinajstić information content (AvgIpc) is 3.04. The number of nitrogens with two attached hydrogens (primary N) is 1. The average molecular weight is 395 g/mol. The molecule has 4 unspecified atom stereocenters. The monoisotopic (exact) mass is 393 g/mol. The van der Waals surface area contributed by atoms with Gasteiger partial charge in [0.05, 0.1) is 9.89 Å². The Balaban J connectivity index is 1.92. The van der Waals surface area contributed by atoms with Crippen LogP contribution in [-0.4, -0.2) is 11.7 Å². The van der Waals surface area contributed by atoms with E-state index >= 15 is 0 Å². The summed E-state index contributed by atoms with van der Waals surface area (Å²) in [6, 6.07) is 2.03. The topological polar surface area (TPSA) is 46.2 Å². The number of hydrogen-bond acceptors (Lipinski definition) is 3. The van der Waals surface area contributed by atoms with Gasteiger partial charge < -0.3 is 10.8 Å². The number of fused-ring (bicyclic) bond motifs is 2. The van der Waals surface area contributed by atoms with Gasteiger partial charge in [0.25, 0.3) is 0 Å². The normalized spacial score (nSPS) is 36.2. The number of halogens is 2. The molecule has 2 fully saturated rings. The third-order valence-corrected chi connectivity index (χ3v) is 8.19. The first-order chi connectivity index (χ1) is 8.56. The molecule has 2 aliphatic rings. The smallest absolute Gasteiger partial charge is 0.0953 e. The van der Waals surface area contributed by atoms with Crippen molar-refractivity contribution >= 4 is 43.2 Å². The lowest BCUT2D eigenvalue weighted by atomic mass is 9.69. The standard InChI is InChI=1S/C13H17Br2NOS/c14-9-4-10(18-12(9)15)11(17)13(6-16)5-7-1-2-8(13)3-7/h4,7-8,11,17H,1-3,5-6,16H2. The molecule has 0 saturated heterocycles. The van der Waals surface area contributed by atoms with Gasteiger partial charge in [0.1, 0.15) is 0 Å². The minimum atomic E-state index is -0.412. The van der Waals surface area contributed by atoms with Crippen molar-refractivity contribution < 1.29 is 5.11 Å². The first-order valence-electron chi connectivity index (χ1n) is 6.39. The molecule has 4 atom stereocenters. The number of thiophene rings is 1. The Kier molecular flexibility index (Phi) is 3.65. The van der Waals surface area contributed by atoms with Crippen LogP contribution >= 0.6 is 43.2 Å². The summed E-state index contributed by atoms with van der Waals surface area (Å²) in [6.07, 6.45) is 4.53. The summed E-state index contributed by atoms with van der Waals surface area (Å²) in [7, 11) is 0. The third kappa shape index (κ3) is 1.94. The predicted molar refractivity (Wildman–Crippen MR) is 81.6 cm³/mol. The van der Waals surface area contributed by atoms with Crippen LogP contribution < -0.4 is 5.73 Å². The van der Waals surface area contributed by atoms with Crippen LogP contribution in [0.5, 0.6) is 0 Å². The van der Waals surface area contributed by atoms with E-state index in [4.69, 9.17) is 5.73 Å². The van der Waals surface area contributed by atoms with E-state index in [0.29, 0.717) is 12.5 Å². The molecule has 0 aromatic carbocycles. The number of rotatable bonds is 3. The maximum absolute atomic E-state index is 10.8. The molecule has 2 bridgehead atoms. The van der Waals surface area contributed by atoms with Gasteiger partial charge >= 0.3 is 0 Å². The maximum Gasteiger partial charge on any atom is 0.0953 e. The fraction of sp³-hybridized carbons (Fsp3) is 0.692. The van der Waals surface area contributed by atoms with E-state index in [0.717, 1.165) is 25.5 Å². The summed E-state index contributed by atoms with van der Waals surface area (Å²) in [5.74, 6) is 1.40. The molecule has 0 radical (unpaired) electrons. The first-order valence-corrected chi connectivity index (χ1v) is 8.80. The van der Waals surface area contributed by atoms with Gasteiger partial charge in [-0.1, -0.05) is 6.42 Å². The molecule has 3 N–H and O–H groups in total. The largest absolute Gasteiger partial charge is 0.387 e. The highest BCUT2D eigenvalue weighted by atomic mass is 79.9.